The van der Waals surface area contributed by atoms with Crippen molar-refractivity contribution in [1.82, 2.24) is 69.6 Å². The zero-order valence-electron chi connectivity index (χ0n) is 70.3. The summed E-state index contributed by atoms with van der Waals surface area (Å²) in [6.07, 6.45) is 0.0888. The molecule has 0 spiro atoms. The molecule has 41 heteroatoms. The maximum absolute atomic E-state index is 14.2. The third kappa shape index (κ3) is 21.6. The van der Waals surface area contributed by atoms with E-state index < -0.39 is 137 Å². The molecule has 115 heavy (non-hydrogen) atoms. The summed E-state index contributed by atoms with van der Waals surface area (Å²) in [5.74, 6) is -1.75. The second-order valence-corrected chi connectivity index (χ2v) is 55.4. The van der Waals surface area contributed by atoms with E-state index in [2.05, 4.69) is 90.3 Å². The third-order valence-corrected chi connectivity index (χ3v) is 29.1. The highest BCUT2D eigenvalue weighted by atomic mass is 35.5. The maximum Gasteiger partial charge on any atom is 0.416 e. The summed E-state index contributed by atoms with van der Waals surface area (Å²) in [6.45, 7) is 40.0. The molecule has 1 N–H and O–H groups in total. The van der Waals surface area contributed by atoms with Gasteiger partial charge in [0.2, 0.25) is 15.9 Å². The van der Waals surface area contributed by atoms with E-state index in [-0.39, 0.29) is 80.4 Å². The number of rotatable bonds is 31. The number of ether oxygens (including phenoxy) is 13. The number of hydrogen-bond acceptors (Lipinski definition) is 29. The summed E-state index contributed by atoms with van der Waals surface area (Å²) in [5.41, 5.74) is 0.744. The van der Waals surface area contributed by atoms with Crippen molar-refractivity contribution in [3.05, 3.63) is 57.9 Å². The molecule has 10 heterocycles. The standard InChI is InChI=1S/C38H60ClN8O10PSi.C36H58ClN8O9PSi/c1-12-52-33(48)38(58(7,8)50,21-28-41-44-45(42-28)23-51-19-20-59(9,10)11)53-22-27-30-31(56-37(5,6)55-30)29(54-27)25-17-18-26-32(40-34(39)43-47(25)26)46(24-15-13-14-16-24)35(49)57-36(2,3)4;1-34(2,3)54-33(47)44(23-13-11-12-14-23)31-25-16-15-24(45(25)41-32(37)38-31)28-30-29(52-35(4,5)53-30)26(51-28)20-50-36(21-46,55(6,7)48)19-27-39-42-43(40-27)22-49-17-18-56(8,9)10/h17-18,24,27,29-31H,12-16,19-23H2,1-11H3;15-16,23,26,28-30,46H,11-14,17-22H2,1-10H3/t27-,29-,30-,31+,38-;26-,28-,29-,30+,36-/m11/s1. The second kappa shape index (κ2) is 35.2. The Kier molecular flexibility index (Phi) is 27.6. The lowest BCUT2D eigenvalue weighted by Crippen LogP contribution is -2.47. The number of anilines is 2. The number of aliphatic hydroxyl groups excluding tert-OH is 1. The summed E-state index contributed by atoms with van der Waals surface area (Å²) in [7, 11) is -9.25. The number of esters is 1. The number of aromatic nitrogens is 14. The number of tetrazole rings is 2. The molecule has 4 saturated heterocycles. The molecule has 2 saturated carbocycles. The predicted octanol–water partition coefficient (Wildman–Crippen LogP) is 12.4. The zero-order valence-corrected chi connectivity index (χ0v) is 75.6. The van der Waals surface area contributed by atoms with Crippen LogP contribution in [0.2, 0.25) is 61.9 Å². The fourth-order valence-electron chi connectivity index (χ4n) is 15.0. The molecule has 0 radical (unpaired) electrons. The molecule has 6 aromatic rings. The lowest BCUT2D eigenvalue weighted by Gasteiger charge is -2.36. The molecule has 0 unspecified atom stereocenters. The molecule has 0 bridgehead atoms. The molecule has 2 amide bonds. The van der Waals surface area contributed by atoms with Crippen molar-refractivity contribution in [2.24, 2.45) is 0 Å². The van der Waals surface area contributed by atoms with E-state index in [0.717, 1.165) is 63.5 Å². The van der Waals surface area contributed by atoms with Crippen LogP contribution in [-0.4, -0.2) is 257 Å². The molecular weight excluding hydrogens is 1610 g/mol. The predicted molar refractivity (Wildman–Crippen MR) is 432 cm³/mol. The van der Waals surface area contributed by atoms with Crippen molar-refractivity contribution in [2.75, 3.05) is 76.1 Å². The van der Waals surface area contributed by atoms with Crippen LogP contribution < -0.4 is 9.80 Å². The van der Waals surface area contributed by atoms with Crippen LogP contribution in [0.25, 0.3) is 11.0 Å². The van der Waals surface area contributed by atoms with Gasteiger partial charge in [-0.2, -0.15) is 9.97 Å². The molecule has 2 aliphatic carbocycles. The van der Waals surface area contributed by atoms with Gasteiger partial charge in [0, 0.05) is 47.9 Å². The largest absolute Gasteiger partial charge is 0.463 e. The van der Waals surface area contributed by atoms with Crippen molar-refractivity contribution in [3.63, 3.8) is 0 Å². The van der Waals surface area contributed by atoms with Gasteiger partial charge < -0.3 is 75.8 Å². The van der Waals surface area contributed by atoms with Gasteiger partial charge in [-0.15, -0.1) is 40.2 Å². The van der Waals surface area contributed by atoms with E-state index in [1.54, 1.807) is 52.9 Å². The Bertz CT molecular complexity index is 4490. The highest BCUT2D eigenvalue weighted by Crippen LogP contribution is 2.57. The molecular formula is C74H118Cl2N16O19P2Si2. The maximum atomic E-state index is 14.2. The van der Waals surface area contributed by atoms with Gasteiger partial charge in [-0.3, -0.25) is 9.80 Å². The van der Waals surface area contributed by atoms with E-state index in [0.29, 0.717) is 47.3 Å². The highest BCUT2D eigenvalue weighted by Gasteiger charge is 2.61. The fraction of sp³-hybridized carbons (Fsp3) is 0.770. The molecule has 4 aliphatic heterocycles. The van der Waals surface area contributed by atoms with E-state index in [1.807, 2.05) is 79.7 Å². The van der Waals surface area contributed by atoms with Crippen molar-refractivity contribution >= 4 is 94.5 Å². The first-order chi connectivity index (χ1) is 53.6. The lowest BCUT2D eigenvalue weighted by molar-refractivity contribution is -0.199. The average Bonchev–Trinajstić information content (AvgIpc) is 1.59. The Morgan fingerprint density at radius 1 is 0.591 bits per heavy atom. The summed E-state index contributed by atoms with van der Waals surface area (Å²) in [4.78, 5) is 56.4. The topological polar surface area (TPSA) is 380 Å². The van der Waals surface area contributed by atoms with Crippen LogP contribution in [0.15, 0.2) is 24.3 Å². The first-order valence-electron chi connectivity index (χ1n) is 39.6. The number of nitrogens with zero attached hydrogens (tertiary/aromatic N) is 16. The molecule has 6 aliphatic rings. The van der Waals surface area contributed by atoms with Gasteiger partial charge in [0.15, 0.2) is 53.7 Å². The minimum atomic E-state index is -3.50. The van der Waals surface area contributed by atoms with Crippen molar-refractivity contribution < 1.29 is 90.2 Å². The summed E-state index contributed by atoms with van der Waals surface area (Å²) in [6, 6.07) is 9.02. The summed E-state index contributed by atoms with van der Waals surface area (Å²) < 4.78 is 112. The number of aliphatic hydroxyl groups is 1. The summed E-state index contributed by atoms with van der Waals surface area (Å²) >= 11 is 13.2. The first kappa shape index (κ1) is 90.2. The molecule has 6 fully saturated rings. The Balaban J connectivity index is 0.000000227. The van der Waals surface area contributed by atoms with E-state index >= 15 is 0 Å². The Morgan fingerprint density at radius 3 is 1.37 bits per heavy atom. The highest BCUT2D eigenvalue weighted by molar-refractivity contribution is 7.64. The quantitative estimate of drug-likeness (QED) is 0.0139. The SMILES string of the molecule is CC(C)(C)OC(=O)N(c1nc(Cl)nn2c([C@H]3O[C@H](CO[C@](CO)(Cc4nnn(COCC[Si](C)(C)C)n4)P(C)(C)=O)[C@H]4OC(C)(C)O[C@H]43)ccc12)C1CCCC1.CCOC(=O)[C@](Cc1nnn(COCC[Si](C)(C)C)n1)(OC[C@H]1O[C@H](c2ccc3c(N(C(=O)OC(C)(C)C)C4CCCC4)nc(Cl)nn23)[C@@H]2OC(C)(C)O[C@@H]21)P(C)(C)=O. The second-order valence-electron chi connectivity index (χ2n) is 36.6. The van der Waals surface area contributed by atoms with Crippen LogP contribution in [0.5, 0.6) is 0 Å². The van der Waals surface area contributed by atoms with Crippen LogP contribution in [0.4, 0.5) is 21.2 Å². The first-order valence-corrected chi connectivity index (χ1v) is 53.0. The molecule has 35 nitrogen and oxygen atoms in total. The third-order valence-electron chi connectivity index (χ3n) is 20.8. The van der Waals surface area contributed by atoms with E-state index in [4.69, 9.17) is 84.8 Å². The van der Waals surface area contributed by atoms with Gasteiger partial charge in [0.25, 0.3) is 0 Å². The van der Waals surface area contributed by atoms with Crippen LogP contribution in [0.1, 0.15) is 163 Å². The molecule has 10 atom stereocenters. The number of amides is 2. The molecule has 12 rings (SSSR count). The zero-order chi connectivity index (χ0) is 84.0. The Morgan fingerprint density at radius 2 is 0.991 bits per heavy atom. The normalized spacial score (nSPS) is 23.8. The van der Waals surface area contributed by atoms with Gasteiger partial charge in [-0.25, -0.2) is 23.4 Å². The van der Waals surface area contributed by atoms with Crippen LogP contribution in [0, 0.1) is 0 Å². The molecule has 0 aromatic carbocycles. The van der Waals surface area contributed by atoms with E-state index in [9.17, 15) is 28.6 Å². The van der Waals surface area contributed by atoms with E-state index in [1.165, 1.54) is 22.9 Å². The smallest absolute Gasteiger partial charge is 0.416 e. The molecule has 6 aromatic heterocycles. The minimum absolute atomic E-state index is 0.0205. The van der Waals surface area contributed by atoms with Gasteiger partial charge in [-0.05, 0) is 198 Å². The van der Waals surface area contributed by atoms with Gasteiger partial charge >= 0.3 is 18.2 Å². The van der Waals surface area contributed by atoms with Crippen molar-refractivity contribution in [3.8, 4) is 0 Å². The van der Waals surface area contributed by atoms with Gasteiger partial charge in [0.1, 0.15) is 85.4 Å². The number of hydrogen-bond donors (Lipinski definition) is 1. The monoisotopic (exact) mass is 1720 g/mol. The minimum Gasteiger partial charge on any atom is -0.463 e. The summed E-state index contributed by atoms with van der Waals surface area (Å²) in [5, 5.41) is 41.6. The van der Waals surface area contributed by atoms with Gasteiger partial charge in [-0.1, -0.05) is 65.0 Å². The van der Waals surface area contributed by atoms with Gasteiger partial charge in [0.05, 0.1) is 44.2 Å². The number of fused-ring (bicyclic) bond motifs is 4. The van der Waals surface area contributed by atoms with Crippen molar-refractivity contribution in [1.29, 1.82) is 0 Å². The lowest BCUT2D eigenvalue weighted by atomic mass is 10.1. The fourth-order valence-corrected chi connectivity index (χ4v) is 19.5. The molecule has 640 valence electrons. The van der Waals surface area contributed by atoms with Crippen LogP contribution in [0.3, 0.4) is 0 Å². The average molecular weight is 1720 g/mol. The van der Waals surface area contributed by atoms with Crippen LogP contribution >= 0.6 is 37.5 Å². The number of halogens is 2. The van der Waals surface area contributed by atoms with Crippen LogP contribution in [-0.2, 0) is 102 Å². The Labute approximate surface area is 684 Å². The van der Waals surface area contributed by atoms with Crippen molar-refractivity contribution in [2.45, 2.75) is 300 Å². The number of carbonyl (C=O) groups is 3. The number of carbonyl (C=O) groups excluding carboxylic acids is 3. The Hall–Kier alpha value is -5.58.